The lowest BCUT2D eigenvalue weighted by molar-refractivity contribution is -0.136. The van der Waals surface area contributed by atoms with E-state index >= 15 is 0 Å². The lowest BCUT2D eigenvalue weighted by atomic mass is 10.1. The minimum Gasteiger partial charge on any atom is -0.352 e. The number of fused-ring (bicyclic) bond motifs is 1. The first-order valence-corrected chi connectivity index (χ1v) is 16.5. The van der Waals surface area contributed by atoms with Crippen molar-refractivity contribution in [2.75, 3.05) is 23.7 Å². The van der Waals surface area contributed by atoms with Crippen molar-refractivity contribution in [2.24, 2.45) is 0 Å². The van der Waals surface area contributed by atoms with Crippen LogP contribution in [0.3, 0.4) is 0 Å². The van der Waals surface area contributed by atoms with Gasteiger partial charge in [-0.05, 0) is 79.3 Å². The Kier molecular flexibility index (Phi) is 9.02. The molecule has 0 bridgehead atoms. The Balaban J connectivity index is 0.967. The molecule has 0 radical (unpaired) electrons. The van der Waals surface area contributed by atoms with E-state index in [0.717, 1.165) is 34.9 Å². The third-order valence-electron chi connectivity index (χ3n) is 9.08. The van der Waals surface area contributed by atoms with E-state index in [1.165, 1.54) is 0 Å². The molecule has 4 heterocycles. The van der Waals surface area contributed by atoms with Gasteiger partial charge >= 0.3 is 0 Å². The standard InChI is InChI=1S/C38H35N7O4/c46-34(19-25-9-3-1-4-10-25)44-17-7-13-32(44)37(48)41-28-15-16-30-27(21-28)22-31(43-30)36-39-23-29(24-40-36)42-38(49)33-14-8-18-45(33)35(47)20-26-11-5-2-6-12-26/h2-3,5-6,9-12,15-16,21-24,32-33,43H,7-8,13-14,17-20H2,(H,41,48)(H,42,49). The third kappa shape index (κ3) is 7.13. The number of hydrogen-bond donors (Lipinski definition) is 3. The SMILES string of the molecule is O=C(Nc1cnc(-c2cc3cc(NC(=O)C4CCCN4C(=O)Cc4cc#ccc4)ccc3[nH]2)nc1)C1CCCN1C(=O)Cc1ccccc1. The molecular weight excluding hydrogens is 618 g/mol. The number of nitrogens with one attached hydrogen (secondary N) is 3. The summed E-state index contributed by atoms with van der Waals surface area (Å²) in [6, 6.07) is 26.9. The molecule has 0 aliphatic carbocycles. The average molecular weight is 654 g/mol. The minimum atomic E-state index is -0.538. The van der Waals surface area contributed by atoms with Gasteiger partial charge in [-0.15, -0.1) is 0 Å². The van der Waals surface area contributed by atoms with Crippen LogP contribution in [0.1, 0.15) is 36.8 Å². The summed E-state index contributed by atoms with van der Waals surface area (Å²) in [4.78, 5) is 67.9. The van der Waals surface area contributed by atoms with E-state index in [1.807, 2.05) is 60.7 Å². The maximum absolute atomic E-state index is 13.3. The molecule has 3 N–H and O–H groups in total. The fourth-order valence-electron chi connectivity index (χ4n) is 6.63. The van der Waals surface area contributed by atoms with Crippen LogP contribution >= 0.6 is 0 Å². The summed E-state index contributed by atoms with van der Waals surface area (Å²) in [5.41, 5.74) is 4.34. The molecule has 2 unspecified atom stereocenters. The van der Waals surface area contributed by atoms with E-state index in [-0.39, 0.29) is 36.5 Å². The molecule has 7 rings (SSSR count). The quantitative estimate of drug-likeness (QED) is 0.213. The average Bonchev–Trinajstić information content (AvgIpc) is 3.90. The van der Waals surface area contributed by atoms with Gasteiger partial charge in [0, 0.05) is 29.7 Å². The number of amides is 4. The van der Waals surface area contributed by atoms with Crippen LogP contribution in [0.2, 0.25) is 0 Å². The van der Waals surface area contributed by atoms with Gasteiger partial charge in [0.1, 0.15) is 12.1 Å². The summed E-state index contributed by atoms with van der Waals surface area (Å²) in [5.74, 6) is -0.174. The van der Waals surface area contributed by atoms with E-state index in [4.69, 9.17) is 0 Å². The molecule has 246 valence electrons. The van der Waals surface area contributed by atoms with Crippen LogP contribution in [0.4, 0.5) is 11.4 Å². The van der Waals surface area contributed by atoms with Crippen molar-refractivity contribution in [3.05, 3.63) is 108 Å². The van der Waals surface area contributed by atoms with Crippen molar-refractivity contribution in [3.8, 4) is 11.5 Å². The number of aromatic nitrogens is 3. The van der Waals surface area contributed by atoms with Crippen molar-refractivity contribution in [1.29, 1.82) is 0 Å². The van der Waals surface area contributed by atoms with Gasteiger partial charge in [0.05, 0.1) is 36.6 Å². The molecule has 2 aromatic heterocycles. The van der Waals surface area contributed by atoms with E-state index < -0.39 is 12.1 Å². The second-order valence-corrected chi connectivity index (χ2v) is 12.4. The minimum absolute atomic E-state index is 0.0653. The van der Waals surface area contributed by atoms with Gasteiger partial charge < -0.3 is 25.4 Å². The highest BCUT2D eigenvalue weighted by atomic mass is 16.2. The second-order valence-electron chi connectivity index (χ2n) is 12.4. The van der Waals surface area contributed by atoms with E-state index in [1.54, 1.807) is 34.3 Å². The molecule has 2 aliphatic heterocycles. The van der Waals surface area contributed by atoms with Crippen LogP contribution in [0.25, 0.3) is 22.4 Å². The van der Waals surface area contributed by atoms with Crippen molar-refractivity contribution >= 4 is 45.9 Å². The number of rotatable bonds is 9. The summed E-state index contributed by atoms with van der Waals surface area (Å²) in [5, 5.41) is 6.72. The maximum Gasteiger partial charge on any atom is 0.247 e. The van der Waals surface area contributed by atoms with Gasteiger partial charge in [-0.1, -0.05) is 42.5 Å². The first-order chi connectivity index (χ1) is 23.9. The second kappa shape index (κ2) is 14.0. The van der Waals surface area contributed by atoms with Crippen LogP contribution < -0.4 is 10.6 Å². The highest BCUT2D eigenvalue weighted by molar-refractivity contribution is 6.00. The van der Waals surface area contributed by atoms with Gasteiger partial charge in [-0.25, -0.2) is 9.97 Å². The zero-order chi connectivity index (χ0) is 33.7. The number of benzene rings is 2. The Morgan fingerprint density at radius 3 is 2.06 bits per heavy atom. The number of carbonyl (C=O) groups excluding carboxylic acids is 4. The Labute approximate surface area is 283 Å². The van der Waals surface area contributed by atoms with Gasteiger partial charge in [0.15, 0.2) is 5.82 Å². The van der Waals surface area contributed by atoms with Crippen molar-refractivity contribution in [2.45, 2.75) is 50.6 Å². The Bertz CT molecular complexity index is 1980. The Hall–Kier alpha value is -6.02. The number of aromatic amines is 1. The largest absolute Gasteiger partial charge is 0.352 e. The smallest absolute Gasteiger partial charge is 0.247 e. The van der Waals surface area contributed by atoms with Crippen molar-refractivity contribution < 1.29 is 19.2 Å². The number of anilines is 2. The fourth-order valence-corrected chi connectivity index (χ4v) is 6.63. The number of likely N-dealkylation sites (tertiary alicyclic amines) is 2. The summed E-state index contributed by atoms with van der Waals surface area (Å²) >= 11 is 0. The summed E-state index contributed by atoms with van der Waals surface area (Å²) in [6.45, 7) is 1.10. The van der Waals surface area contributed by atoms with E-state index in [9.17, 15) is 19.2 Å². The number of carbonyl (C=O) groups is 4. The van der Waals surface area contributed by atoms with Gasteiger partial charge in [0.25, 0.3) is 0 Å². The van der Waals surface area contributed by atoms with Crippen molar-refractivity contribution in [3.63, 3.8) is 0 Å². The maximum atomic E-state index is 13.3. The summed E-state index contributed by atoms with van der Waals surface area (Å²) in [7, 11) is 0. The highest BCUT2D eigenvalue weighted by Crippen LogP contribution is 2.27. The van der Waals surface area contributed by atoms with Crippen LogP contribution in [-0.4, -0.2) is 73.6 Å². The predicted octanol–water partition coefficient (Wildman–Crippen LogP) is 4.57. The predicted molar refractivity (Wildman–Crippen MR) is 184 cm³/mol. The molecule has 0 spiro atoms. The molecule has 49 heavy (non-hydrogen) atoms. The van der Waals surface area contributed by atoms with Gasteiger partial charge in [0.2, 0.25) is 23.6 Å². The summed E-state index contributed by atoms with van der Waals surface area (Å²) < 4.78 is 0. The Morgan fingerprint density at radius 1 is 0.755 bits per heavy atom. The molecule has 11 nitrogen and oxygen atoms in total. The first kappa shape index (κ1) is 31.6. The van der Waals surface area contributed by atoms with E-state index in [0.29, 0.717) is 48.8 Å². The molecule has 5 aromatic rings. The van der Waals surface area contributed by atoms with Gasteiger partial charge in [-0.2, -0.15) is 0 Å². The van der Waals surface area contributed by atoms with Crippen LogP contribution in [0, 0.1) is 12.1 Å². The molecule has 3 aromatic carbocycles. The molecule has 2 saturated heterocycles. The number of H-pyrrole nitrogens is 1. The van der Waals surface area contributed by atoms with E-state index in [2.05, 4.69) is 37.7 Å². The van der Waals surface area contributed by atoms with Gasteiger partial charge in [-0.3, -0.25) is 19.2 Å². The topological polar surface area (TPSA) is 140 Å². The molecule has 2 atom stereocenters. The molecule has 0 saturated carbocycles. The molecule has 2 aliphatic rings. The normalized spacial score (nSPS) is 17.1. The lowest BCUT2D eigenvalue weighted by Crippen LogP contribution is -2.43. The lowest BCUT2D eigenvalue weighted by Gasteiger charge is -2.24. The first-order valence-electron chi connectivity index (χ1n) is 16.5. The van der Waals surface area contributed by atoms with Crippen LogP contribution in [-0.2, 0) is 32.0 Å². The van der Waals surface area contributed by atoms with Crippen molar-refractivity contribution in [1.82, 2.24) is 24.8 Å². The summed E-state index contributed by atoms with van der Waals surface area (Å²) in [6.07, 6.45) is 6.33. The number of nitrogens with zero attached hydrogens (tertiary/aromatic N) is 4. The molecule has 11 heteroatoms. The Morgan fingerprint density at radius 2 is 1.41 bits per heavy atom. The zero-order valence-electron chi connectivity index (χ0n) is 26.8. The zero-order valence-corrected chi connectivity index (χ0v) is 26.8. The van der Waals surface area contributed by atoms with Crippen LogP contribution in [0.5, 0.6) is 0 Å². The molecule has 4 amide bonds. The fraction of sp³-hybridized carbons (Fsp3) is 0.263. The third-order valence-corrected chi connectivity index (χ3v) is 9.08. The molecule has 2 fully saturated rings. The monoisotopic (exact) mass is 653 g/mol. The number of hydrogen-bond acceptors (Lipinski definition) is 6. The van der Waals surface area contributed by atoms with Crippen LogP contribution in [0.15, 0.2) is 85.2 Å². The highest BCUT2D eigenvalue weighted by Gasteiger charge is 2.35. The molecular formula is C38H35N7O4.